The number of alkyl halides is 3. The number of rotatable bonds is 2. The van der Waals surface area contributed by atoms with Crippen molar-refractivity contribution in [3.8, 4) is 0 Å². The van der Waals surface area contributed by atoms with Crippen molar-refractivity contribution in [3.63, 3.8) is 0 Å². The van der Waals surface area contributed by atoms with Crippen molar-refractivity contribution in [2.75, 3.05) is 0 Å². The standard InChI is InChI=1S/C14H10F5N/c15-10-4-1-8(2-5-10)13(20)11-7-9(14(17,18)19)3-6-12(11)16/h1-7,13H,20H2. The maximum Gasteiger partial charge on any atom is 0.416 e. The van der Waals surface area contributed by atoms with Gasteiger partial charge in [0.1, 0.15) is 11.6 Å². The molecule has 6 heteroatoms. The van der Waals surface area contributed by atoms with Gasteiger partial charge in [-0.3, -0.25) is 0 Å². The minimum absolute atomic E-state index is 0.286. The zero-order valence-electron chi connectivity index (χ0n) is 10.1. The van der Waals surface area contributed by atoms with Gasteiger partial charge in [-0.05, 0) is 35.9 Å². The number of hydrogen-bond donors (Lipinski definition) is 1. The minimum Gasteiger partial charge on any atom is -0.320 e. The van der Waals surface area contributed by atoms with Crippen molar-refractivity contribution < 1.29 is 22.0 Å². The first-order chi connectivity index (χ1) is 9.29. The molecule has 2 aromatic rings. The molecular formula is C14H10F5N. The molecule has 0 saturated heterocycles. The highest BCUT2D eigenvalue weighted by molar-refractivity contribution is 5.35. The van der Waals surface area contributed by atoms with Gasteiger partial charge in [0.2, 0.25) is 0 Å². The molecule has 1 unspecified atom stereocenters. The van der Waals surface area contributed by atoms with Crippen LogP contribution in [0.25, 0.3) is 0 Å². The number of benzene rings is 2. The van der Waals surface area contributed by atoms with E-state index in [4.69, 9.17) is 5.73 Å². The van der Waals surface area contributed by atoms with Crippen molar-refractivity contribution in [2.45, 2.75) is 12.2 Å². The summed E-state index contributed by atoms with van der Waals surface area (Å²) in [5.41, 5.74) is 4.81. The third-order valence-electron chi connectivity index (χ3n) is 2.89. The summed E-state index contributed by atoms with van der Waals surface area (Å²) in [6, 6.07) is 5.78. The topological polar surface area (TPSA) is 26.0 Å². The summed E-state index contributed by atoms with van der Waals surface area (Å²) >= 11 is 0. The molecule has 0 amide bonds. The highest BCUT2D eigenvalue weighted by atomic mass is 19.4. The van der Waals surface area contributed by atoms with Gasteiger partial charge >= 0.3 is 6.18 Å². The van der Waals surface area contributed by atoms with Gasteiger partial charge in [0.15, 0.2) is 0 Å². The van der Waals surface area contributed by atoms with Gasteiger partial charge in [0, 0.05) is 5.56 Å². The number of halogens is 5. The maximum absolute atomic E-state index is 13.7. The van der Waals surface area contributed by atoms with Crippen molar-refractivity contribution in [1.82, 2.24) is 0 Å². The van der Waals surface area contributed by atoms with E-state index in [2.05, 4.69) is 0 Å². The third-order valence-corrected chi connectivity index (χ3v) is 2.89. The van der Waals surface area contributed by atoms with Gasteiger partial charge < -0.3 is 5.73 Å². The van der Waals surface area contributed by atoms with Crippen LogP contribution >= 0.6 is 0 Å². The van der Waals surface area contributed by atoms with Crippen LogP contribution in [0.4, 0.5) is 22.0 Å². The van der Waals surface area contributed by atoms with Gasteiger partial charge in [-0.15, -0.1) is 0 Å². The second-order valence-electron chi connectivity index (χ2n) is 4.26. The molecule has 0 fully saturated rings. The minimum atomic E-state index is -4.58. The van der Waals surface area contributed by atoms with Crippen molar-refractivity contribution in [2.24, 2.45) is 5.73 Å². The van der Waals surface area contributed by atoms with Crippen LogP contribution < -0.4 is 5.73 Å². The Morgan fingerprint density at radius 3 is 2.05 bits per heavy atom. The molecule has 0 heterocycles. The van der Waals surface area contributed by atoms with Crippen LogP contribution in [-0.2, 0) is 6.18 Å². The summed E-state index contributed by atoms with van der Waals surface area (Å²) in [7, 11) is 0. The number of hydrogen-bond acceptors (Lipinski definition) is 1. The SMILES string of the molecule is NC(c1ccc(F)cc1)c1cc(C(F)(F)F)ccc1F. The van der Waals surface area contributed by atoms with Crippen molar-refractivity contribution in [1.29, 1.82) is 0 Å². The van der Waals surface area contributed by atoms with Gasteiger partial charge in [-0.1, -0.05) is 12.1 Å². The van der Waals surface area contributed by atoms with E-state index in [9.17, 15) is 22.0 Å². The Labute approximate surface area is 111 Å². The zero-order valence-corrected chi connectivity index (χ0v) is 10.1. The smallest absolute Gasteiger partial charge is 0.320 e. The summed E-state index contributed by atoms with van der Waals surface area (Å²) in [4.78, 5) is 0. The third kappa shape index (κ3) is 2.96. The van der Waals surface area contributed by atoms with Gasteiger partial charge in [0.25, 0.3) is 0 Å². The lowest BCUT2D eigenvalue weighted by atomic mass is 9.97. The van der Waals surface area contributed by atoms with E-state index >= 15 is 0 Å². The average Bonchev–Trinajstić information content (AvgIpc) is 2.38. The predicted octanol–water partition coefficient (Wildman–Crippen LogP) is 4.03. The van der Waals surface area contributed by atoms with Crippen LogP contribution in [0.15, 0.2) is 42.5 Å². The van der Waals surface area contributed by atoms with E-state index in [-0.39, 0.29) is 5.56 Å². The Morgan fingerprint density at radius 1 is 0.900 bits per heavy atom. The van der Waals surface area contributed by atoms with E-state index in [1.807, 2.05) is 0 Å². The molecule has 2 N–H and O–H groups in total. The van der Waals surface area contributed by atoms with Crippen LogP contribution in [-0.4, -0.2) is 0 Å². The molecule has 106 valence electrons. The molecule has 2 rings (SSSR count). The predicted molar refractivity (Wildman–Crippen MR) is 63.8 cm³/mol. The molecule has 0 aliphatic heterocycles. The zero-order chi connectivity index (χ0) is 14.9. The molecule has 0 aliphatic rings. The van der Waals surface area contributed by atoms with Crippen LogP contribution in [0.5, 0.6) is 0 Å². The fourth-order valence-electron chi connectivity index (χ4n) is 1.81. The first kappa shape index (κ1) is 14.5. The molecular weight excluding hydrogens is 277 g/mol. The lowest BCUT2D eigenvalue weighted by Gasteiger charge is -2.16. The van der Waals surface area contributed by atoms with Crippen LogP contribution in [0.1, 0.15) is 22.7 Å². The molecule has 0 saturated carbocycles. The van der Waals surface area contributed by atoms with Crippen LogP contribution in [0.2, 0.25) is 0 Å². The van der Waals surface area contributed by atoms with Crippen LogP contribution in [0.3, 0.4) is 0 Å². The Balaban J connectivity index is 2.43. The van der Waals surface area contributed by atoms with Gasteiger partial charge in [-0.25, -0.2) is 8.78 Å². The molecule has 0 aromatic heterocycles. The normalized spacial score (nSPS) is 13.3. The summed E-state index contributed by atoms with van der Waals surface area (Å²) in [5, 5.41) is 0. The highest BCUT2D eigenvalue weighted by Gasteiger charge is 2.31. The molecule has 2 aromatic carbocycles. The lowest BCUT2D eigenvalue weighted by molar-refractivity contribution is -0.137. The molecule has 0 aliphatic carbocycles. The lowest BCUT2D eigenvalue weighted by Crippen LogP contribution is -2.15. The molecule has 1 atom stereocenters. The summed E-state index contributed by atoms with van der Waals surface area (Å²) < 4.78 is 64.3. The highest BCUT2D eigenvalue weighted by Crippen LogP contribution is 2.32. The largest absolute Gasteiger partial charge is 0.416 e. The van der Waals surface area contributed by atoms with E-state index in [1.54, 1.807) is 0 Å². The number of nitrogens with two attached hydrogens (primary N) is 1. The van der Waals surface area contributed by atoms with E-state index < -0.39 is 29.4 Å². The Hall–Kier alpha value is -1.95. The maximum atomic E-state index is 13.7. The molecule has 0 spiro atoms. The fraction of sp³-hybridized carbons (Fsp3) is 0.143. The van der Waals surface area contributed by atoms with Gasteiger partial charge in [-0.2, -0.15) is 13.2 Å². The Kier molecular flexibility index (Phi) is 3.76. The average molecular weight is 287 g/mol. The Bertz CT molecular complexity index is 604. The second kappa shape index (κ2) is 5.20. The Morgan fingerprint density at radius 2 is 1.50 bits per heavy atom. The summed E-state index contributed by atoms with van der Waals surface area (Å²) in [5.74, 6) is -1.35. The molecule has 20 heavy (non-hydrogen) atoms. The van der Waals surface area contributed by atoms with E-state index in [1.165, 1.54) is 12.1 Å². The fourth-order valence-corrected chi connectivity index (χ4v) is 1.81. The summed E-state index contributed by atoms with van der Waals surface area (Å²) in [6.45, 7) is 0. The quantitative estimate of drug-likeness (QED) is 0.829. The van der Waals surface area contributed by atoms with E-state index in [0.29, 0.717) is 17.7 Å². The van der Waals surface area contributed by atoms with Gasteiger partial charge in [0.05, 0.1) is 11.6 Å². The van der Waals surface area contributed by atoms with Crippen molar-refractivity contribution in [3.05, 3.63) is 70.8 Å². The molecule has 0 bridgehead atoms. The van der Waals surface area contributed by atoms with Crippen LogP contribution in [0, 0.1) is 11.6 Å². The first-order valence-corrected chi connectivity index (χ1v) is 5.66. The molecule has 0 radical (unpaired) electrons. The summed E-state index contributed by atoms with van der Waals surface area (Å²) in [6.07, 6.45) is -4.58. The van der Waals surface area contributed by atoms with Crippen molar-refractivity contribution >= 4 is 0 Å². The first-order valence-electron chi connectivity index (χ1n) is 5.66. The monoisotopic (exact) mass is 287 g/mol. The second-order valence-corrected chi connectivity index (χ2v) is 4.26. The molecule has 1 nitrogen and oxygen atoms in total. The van der Waals surface area contributed by atoms with E-state index in [0.717, 1.165) is 18.2 Å².